The average molecular weight is 332 g/mol. The highest BCUT2D eigenvalue weighted by Gasteiger charge is 2.15. The fourth-order valence-corrected chi connectivity index (χ4v) is 2.81. The number of hydrogen-bond acceptors (Lipinski definition) is 3. The highest BCUT2D eigenvalue weighted by Crippen LogP contribution is 2.33. The zero-order chi connectivity index (χ0) is 18.1. The van der Waals surface area contributed by atoms with Gasteiger partial charge in [-0.2, -0.15) is 0 Å². The van der Waals surface area contributed by atoms with Crippen molar-refractivity contribution in [2.24, 2.45) is 17.2 Å². The number of amides is 2. The van der Waals surface area contributed by atoms with Crippen LogP contribution in [0.15, 0.2) is 54.6 Å². The van der Waals surface area contributed by atoms with E-state index in [1.165, 1.54) is 0 Å². The number of fused-ring (bicyclic) bond motifs is 1. The van der Waals surface area contributed by atoms with Crippen LogP contribution in [0.4, 0.5) is 0 Å². The van der Waals surface area contributed by atoms with Gasteiger partial charge in [0.2, 0.25) is 11.8 Å². The van der Waals surface area contributed by atoms with Gasteiger partial charge in [-0.3, -0.25) is 15.0 Å². The van der Waals surface area contributed by atoms with Crippen molar-refractivity contribution in [3.05, 3.63) is 71.3 Å². The Labute approximate surface area is 143 Å². The molecule has 6 heteroatoms. The van der Waals surface area contributed by atoms with Crippen LogP contribution in [0.3, 0.4) is 0 Å². The summed E-state index contributed by atoms with van der Waals surface area (Å²) in [5.74, 6) is -1.11. The molecular weight excluding hydrogens is 316 g/mol. The summed E-state index contributed by atoms with van der Waals surface area (Å²) in [6, 6.07) is 15.4. The van der Waals surface area contributed by atoms with Crippen molar-refractivity contribution in [1.29, 1.82) is 5.41 Å². The predicted octanol–water partition coefficient (Wildman–Crippen LogP) is 1.99. The molecule has 3 aromatic carbocycles. The molecule has 0 saturated carbocycles. The summed E-state index contributed by atoms with van der Waals surface area (Å²) < 4.78 is 0. The molecule has 0 atom stereocenters. The predicted molar refractivity (Wildman–Crippen MR) is 97.4 cm³/mol. The van der Waals surface area contributed by atoms with E-state index in [2.05, 4.69) is 0 Å². The third-order valence-corrected chi connectivity index (χ3v) is 4.05. The molecule has 3 aromatic rings. The molecule has 25 heavy (non-hydrogen) atoms. The molecule has 0 saturated heterocycles. The first-order valence-electron chi connectivity index (χ1n) is 7.49. The van der Waals surface area contributed by atoms with E-state index >= 15 is 0 Å². The number of nitrogen functional groups attached to an aromatic ring is 1. The monoisotopic (exact) mass is 332 g/mol. The zero-order valence-corrected chi connectivity index (χ0v) is 13.2. The topological polar surface area (TPSA) is 136 Å². The van der Waals surface area contributed by atoms with Crippen LogP contribution < -0.4 is 17.2 Å². The van der Waals surface area contributed by atoms with Crippen molar-refractivity contribution >= 4 is 28.4 Å². The summed E-state index contributed by atoms with van der Waals surface area (Å²) in [7, 11) is 0. The maximum atomic E-state index is 11.9. The third-order valence-electron chi connectivity index (χ3n) is 4.05. The molecule has 6 nitrogen and oxygen atoms in total. The molecule has 0 bridgehead atoms. The lowest BCUT2D eigenvalue weighted by molar-refractivity contribution is 0.0992. The number of nitrogens with one attached hydrogen (secondary N) is 1. The van der Waals surface area contributed by atoms with Crippen LogP contribution in [0.2, 0.25) is 0 Å². The van der Waals surface area contributed by atoms with Crippen LogP contribution in [-0.4, -0.2) is 17.6 Å². The first-order chi connectivity index (χ1) is 11.9. The summed E-state index contributed by atoms with van der Waals surface area (Å²) in [4.78, 5) is 23.1. The summed E-state index contributed by atoms with van der Waals surface area (Å²) in [5, 5.41) is 9.19. The Bertz CT molecular complexity index is 1020. The van der Waals surface area contributed by atoms with E-state index in [0.717, 1.165) is 16.3 Å². The van der Waals surface area contributed by atoms with Crippen molar-refractivity contribution in [2.75, 3.05) is 0 Å². The van der Waals surface area contributed by atoms with Gasteiger partial charge in [-0.25, -0.2) is 0 Å². The normalized spacial score (nSPS) is 10.6. The summed E-state index contributed by atoms with van der Waals surface area (Å²) in [6.45, 7) is 0. The van der Waals surface area contributed by atoms with Crippen LogP contribution in [0.5, 0.6) is 0 Å². The number of primary amides is 2. The summed E-state index contributed by atoms with van der Waals surface area (Å²) in [6.07, 6.45) is 0. The lowest BCUT2D eigenvalue weighted by Gasteiger charge is -2.13. The van der Waals surface area contributed by atoms with E-state index in [1.54, 1.807) is 54.6 Å². The second kappa shape index (κ2) is 6.09. The molecule has 0 aromatic heterocycles. The first kappa shape index (κ1) is 16.2. The molecule has 0 radical (unpaired) electrons. The number of nitrogens with two attached hydrogens (primary N) is 3. The van der Waals surface area contributed by atoms with Crippen LogP contribution in [0.1, 0.15) is 26.3 Å². The number of carbonyl (C=O) groups excluding carboxylic acids is 2. The molecule has 0 aliphatic heterocycles. The molecule has 0 aliphatic rings. The van der Waals surface area contributed by atoms with Gasteiger partial charge >= 0.3 is 0 Å². The van der Waals surface area contributed by atoms with Crippen LogP contribution >= 0.6 is 0 Å². The Morgan fingerprint density at radius 3 is 1.96 bits per heavy atom. The molecule has 124 valence electrons. The quantitative estimate of drug-likeness (QED) is 0.429. The standard InChI is InChI=1S/C19H16N4O2/c20-17(21)13-6-7-14-12(9-13)5-8-15(19(23)25)16(14)10-1-3-11(4-2-10)18(22)24/h1-9H,(H3,20,21)(H2,22,24)(H2,23,25). The van der Waals surface area contributed by atoms with Crippen LogP contribution in [0, 0.1) is 5.41 Å². The third kappa shape index (κ3) is 2.92. The number of benzene rings is 3. The maximum absolute atomic E-state index is 11.9. The minimum atomic E-state index is -0.550. The molecule has 0 aliphatic carbocycles. The molecule has 7 N–H and O–H groups in total. The van der Waals surface area contributed by atoms with E-state index in [-0.39, 0.29) is 5.84 Å². The van der Waals surface area contributed by atoms with Crippen molar-refractivity contribution < 1.29 is 9.59 Å². The van der Waals surface area contributed by atoms with Gasteiger partial charge in [-0.1, -0.05) is 30.3 Å². The summed E-state index contributed by atoms with van der Waals surface area (Å²) in [5.41, 5.74) is 19.1. The molecule has 0 spiro atoms. The number of carbonyl (C=O) groups is 2. The molecule has 2 amide bonds. The zero-order valence-electron chi connectivity index (χ0n) is 13.2. The Hall–Kier alpha value is -3.67. The van der Waals surface area contributed by atoms with Gasteiger partial charge in [0.15, 0.2) is 0 Å². The lowest BCUT2D eigenvalue weighted by atomic mass is 9.91. The molecular formula is C19H16N4O2. The van der Waals surface area contributed by atoms with Crippen LogP contribution in [0.25, 0.3) is 21.9 Å². The SMILES string of the molecule is N=C(N)c1ccc2c(-c3ccc(C(N)=O)cc3)c(C(N)=O)ccc2c1. The van der Waals surface area contributed by atoms with Gasteiger partial charge in [-0.15, -0.1) is 0 Å². The number of amidine groups is 1. The van der Waals surface area contributed by atoms with Gasteiger partial charge in [-0.05, 0) is 40.6 Å². The Morgan fingerprint density at radius 2 is 1.40 bits per heavy atom. The fraction of sp³-hybridized carbons (Fsp3) is 0. The van der Waals surface area contributed by atoms with Gasteiger partial charge in [0, 0.05) is 22.3 Å². The second-order valence-corrected chi connectivity index (χ2v) is 5.64. The maximum Gasteiger partial charge on any atom is 0.249 e. The average Bonchev–Trinajstić information content (AvgIpc) is 2.60. The molecule has 0 heterocycles. The molecule has 0 unspecified atom stereocenters. The van der Waals surface area contributed by atoms with E-state index < -0.39 is 11.8 Å². The van der Waals surface area contributed by atoms with E-state index in [9.17, 15) is 9.59 Å². The Balaban J connectivity index is 2.29. The number of hydrogen-bond donors (Lipinski definition) is 4. The van der Waals surface area contributed by atoms with Gasteiger partial charge < -0.3 is 17.2 Å². The highest BCUT2D eigenvalue weighted by molar-refractivity contribution is 6.11. The smallest absolute Gasteiger partial charge is 0.249 e. The first-order valence-corrected chi connectivity index (χ1v) is 7.49. The highest BCUT2D eigenvalue weighted by atomic mass is 16.1. The van der Waals surface area contributed by atoms with Gasteiger partial charge in [0.25, 0.3) is 0 Å². The van der Waals surface area contributed by atoms with Gasteiger partial charge in [0.1, 0.15) is 5.84 Å². The lowest BCUT2D eigenvalue weighted by Crippen LogP contribution is -2.13. The second-order valence-electron chi connectivity index (χ2n) is 5.64. The van der Waals surface area contributed by atoms with Crippen molar-refractivity contribution in [3.63, 3.8) is 0 Å². The Kier molecular flexibility index (Phi) is 3.94. The van der Waals surface area contributed by atoms with Crippen molar-refractivity contribution in [1.82, 2.24) is 0 Å². The van der Waals surface area contributed by atoms with Gasteiger partial charge in [0.05, 0.1) is 0 Å². The van der Waals surface area contributed by atoms with E-state index in [0.29, 0.717) is 22.3 Å². The van der Waals surface area contributed by atoms with Crippen molar-refractivity contribution in [3.8, 4) is 11.1 Å². The van der Waals surface area contributed by atoms with E-state index in [1.807, 2.05) is 0 Å². The van der Waals surface area contributed by atoms with Crippen molar-refractivity contribution in [2.45, 2.75) is 0 Å². The largest absolute Gasteiger partial charge is 0.384 e. The van der Waals surface area contributed by atoms with Crippen LogP contribution in [-0.2, 0) is 0 Å². The number of rotatable bonds is 4. The molecule has 3 rings (SSSR count). The minimum absolute atomic E-state index is 0.0340. The summed E-state index contributed by atoms with van der Waals surface area (Å²) >= 11 is 0. The minimum Gasteiger partial charge on any atom is -0.384 e. The van der Waals surface area contributed by atoms with E-state index in [4.69, 9.17) is 22.6 Å². The fourth-order valence-electron chi connectivity index (χ4n) is 2.81. The molecule has 0 fully saturated rings. The Morgan fingerprint density at radius 1 is 0.760 bits per heavy atom.